The predicted molar refractivity (Wildman–Crippen MR) is 247 cm³/mol. The van der Waals surface area contributed by atoms with Gasteiger partial charge in [-0.2, -0.15) is 0 Å². The molecule has 1 spiro atoms. The second-order valence-corrected chi connectivity index (χ2v) is 18.1. The van der Waals surface area contributed by atoms with Crippen molar-refractivity contribution in [3.8, 4) is 55.6 Å². The quantitative estimate of drug-likeness (QED) is 0.163. The molecule has 3 unspecified atom stereocenters. The van der Waals surface area contributed by atoms with Crippen molar-refractivity contribution in [2.24, 2.45) is 11.8 Å². The van der Waals surface area contributed by atoms with Crippen LogP contribution in [-0.2, 0) is 10.8 Å². The second-order valence-electron chi connectivity index (χ2n) is 18.1. The van der Waals surface area contributed by atoms with E-state index >= 15 is 0 Å². The van der Waals surface area contributed by atoms with Gasteiger partial charge in [0, 0.05) is 27.9 Å². The molecule has 284 valence electrons. The van der Waals surface area contributed by atoms with Gasteiger partial charge in [0.15, 0.2) is 0 Å². The Kier molecular flexibility index (Phi) is 7.64. The van der Waals surface area contributed by atoms with Gasteiger partial charge in [-0.25, -0.2) is 0 Å². The lowest BCUT2D eigenvalue weighted by atomic mass is 9.67. The van der Waals surface area contributed by atoms with Gasteiger partial charge in [-0.3, -0.25) is 0 Å². The van der Waals surface area contributed by atoms with Crippen molar-refractivity contribution >= 4 is 17.1 Å². The van der Waals surface area contributed by atoms with Crippen LogP contribution in [0.2, 0.25) is 0 Å². The van der Waals surface area contributed by atoms with Gasteiger partial charge in [0.2, 0.25) is 0 Å². The van der Waals surface area contributed by atoms with Gasteiger partial charge >= 0.3 is 0 Å². The molecule has 2 fully saturated rings. The Hall–Kier alpha value is -6.44. The Balaban J connectivity index is 0.961. The van der Waals surface area contributed by atoms with Crippen LogP contribution in [0.3, 0.4) is 0 Å². The molecule has 0 saturated heterocycles. The molecule has 0 aliphatic heterocycles. The predicted octanol–water partition coefficient (Wildman–Crippen LogP) is 15.6. The molecule has 1 nitrogen and oxygen atoms in total. The molecule has 0 amide bonds. The number of hydrogen-bond acceptors (Lipinski definition) is 1. The van der Waals surface area contributed by atoms with E-state index in [4.69, 9.17) is 0 Å². The summed E-state index contributed by atoms with van der Waals surface area (Å²) in [5, 5.41) is 0. The number of fused-ring (bicyclic) bond motifs is 11. The standard InChI is InChI=1S/C58H47N/c1-57(2)53-17-8-6-14-50(53)52-16-10-15-48(56(52)57)43-26-31-46(32-27-43)59(45-29-24-42(25-30-45)41-22-20-40(21-23-41)39-11-4-3-5-12-39)47-33-34-51-49-13-7-9-18-54(49)58(55(51)36-47)37-38-19-28-44(58)35-38/h3-18,20-27,29-34,36,38,44H,19,28,35,37H2,1-2H3. The minimum Gasteiger partial charge on any atom is -0.310 e. The number of nitrogens with zero attached hydrogens (tertiary/aromatic N) is 1. The van der Waals surface area contributed by atoms with Gasteiger partial charge in [0.25, 0.3) is 0 Å². The van der Waals surface area contributed by atoms with Crippen molar-refractivity contribution in [3.63, 3.8) is 0 Å². The average Bonchev–Trinajstić information content (AvgIpc) is 4.04. The Morgan fingerprint density at radius 2 is 0.915 bits per heavy atom. The fraction of sp³-hybridized carbons (Fsp3) is 0.172. The first-order chi connectivity index (χ1) is 29.0. The lowest BCUT2D eigenvalue weighted by Gasteiger charge is -2.37. The number of anilines is 3. The molecule has 3 atom stereocenters. The van der Waals surface area contributed by atoms with E-state index in [1.54, 1.807) is 11.1 Å². The lowest BCUT2D eigenvalue weighted by molar-refractivity contribution is 0.327. The molecule has 2 saturated carbocycles. The van der Waals surface area contributed by atoms with E-state index in [1.807, 2.05) is 0 Å². The second kappa shape index (κ2) is 13.0. The highest BCUT2D eigenvalue weighted by Gasteiger charge is 2.56. The zero-order valence-electron chi connectivity index (χ0n) is 33.8. The fourth-order valence-corrected chi connectivity index (χ4v) is 12.1. The summed E-state index contributed by atoms with van der Waals surface area (Å²) in [6.45, 7) is 4.77. The van der Waals surface area contributed by atoms with Crippen LogP contribution in [0.1, 0.15) is 61.8 Å². The van der Waals surface area contributed by atoms with E-state index < -0.39 is 0 Å². The Labute approximate surface area is 348 Å². The summed E-state index contributed by atoms with van der Waals surface area (Å²) >= 11 is 0. The first-order valence-corrected chi connectivity index (χ1v) is 21.6. The molecular weight excluding hydrogens is 711 g/mol. The number of benzene rings is 8. The van der Waals surface area contributed by atoms with E-state index in [1.165, 1.54) is 104 Å². The molecule has 59 heavy (non-hydrogen) atoms. The molecule has 4 aliphatic rings. The molecule has 0 N–H and O–H groups in total. The average molecular weight is 758 g/mol. The van der Waals surface area contributed by atoms with Crippen molar-refractivity contribution in [1.82, 2.24) is 0 Å². The highest BCUT2D eigenvalue weighted by Crippen LogP contribution is 2.66. The number of rotatable bonds is 6. The smallest absolute Gasteiger partial charge is 0.0465 e. The molecule has 2 bridgehead atoms. The zero-order valence-corrected chi connectivity index (χ0v) is 33.8. The van der Waals surface area contributed by atoms with Crippen molar-refractivity contribution in [3.05, 3.63) is 210 Å². The Morgan fingerprint density at radius 3 is 1.56 bits per heavy atom. The highest BCUT2D eigenvalue weighted by molar-refractivity contribution is 5.90. The summed E-state index contributed by atoms with van der Waals surface area (Å²) in [6, 6.07) is 70.7. The fourth-order valence-electron chi connectivity index (χ4n) is 12.1. The van der Waals surface area contributed by atoms with Crippen LogP contribution in [-0.4, -0.2) is 0 Å². The monoisotopic (exact) mass is 757 g/mol. The molecule has 8 aromatic rings. The molecule has 4 aliphatic carbocycles. The third-order valence-electron chi connectivity index (χ3n) is 14.8. The SMILES string of the molecule is CC1(C)c2ccccc2-c2cccc(-c3ccc(N(c4ccc(-c5ccc(-c6ccccc6)cc5)cc4)c4ccc5c(c4)C4(CC6CCC4C6)c4ccccc4-5)cc3)c21. The van der Waals surface area contributed by atoms with Crippen LogP contribution < -0.4 is 4.90 Å². The maximum absolute atomic E-state index is 2.57. The first kappa shape index (κ1) is 34.6. The van der Waals surface area contributed by atoms with E-state index in [0.29, 0.717) is 5.92 Å². The van der Waals surface area contributed by atoms with Gasteiger partial charge in [-0.1, -0.05) is 172 Å². The summed E-state index contributed by atoms with van der Waals surface area (Å²) in [5.74, 6) is 1.55. The maximum Gasteiger partial charge on any atom is 0.0465 e. The van der Waals surface area contributed by atoms with Gasteiger partial charge < -0.3 is 4.90 Å². The Morgan fingerprint density at radius 1 is 0.407 bits per heavy atom. The largest absolute Gasteiger partial charge is 0.310 e. The molecule has 0 radical (unpaired) electrons. The molecular formula is C58H47N. The van der Waals surface area contributed by atoms with Crippen molar-refractivity contribution < 1.29 is 0 Å². The van der Waals surface area contributed by atoms with Crippen LogP contribution in [0.25, 0.3) is 55.6 Å². The Bertz CT molecular complexity index is 2900. The molecule has 8 aromatic carbocycles. The van der Waals surface area contributed by atoms with Gasteiger partial charge in [-0.15, -0.1) is 0 Å². The van der Waals surface area contributed by atoms with Crippen LogP contribution in [0.15, 0.2) is 188 Å². The van der Waals surface area contributed by atoms with Crippen LogP contribution in [0.4, 0.5) is 17.1 Å². The first-order valence-electron chi connectivity index (χ1n) is 21.6. The minimum absolute atomic E-state index is 0.0749. The van der Waals surface area contributed by atoms with Gasteiger partial charge in [0.05, 0.1) is 0 Å². The third kappa shape index (κ3) is 5.17. The highest BCUT2D eigenvalue weighted by atomic mass is 15.1. The van der Waals surface area contributed by atoms with E-state index in [2.05, 4.69) is 207 Å². The molecule has 12 rings (SSSR count). The van der Waals surface area contributed by atoms with E-state index in [9.17, 15) is 0 Å². The van der Waals surface area contributed by atoms with Crippen LogP contribution in [0, 0.1) is 11.8 Å². The van der Waals surface area contributed by atoms with Crippen LogP contribution in [0.5, 0.6) is 0 Å². The van der Waals surface area contributed by atoms with Gasteiger partial charge in [-0.05, 0) is 145 Å². The van der Waals surface area contributed by atoms with Crippen molar-refractivity contribution in [1.29, 1.82) is 0 Å². The third-order valence-corrected chi connectivity index (χ3v) is 14.8. The number of hydrogen-bond donors (Lipinski definition) is 0. The summed E-state index contributed by atoms with van der Waals surface area (Å²) in [6.07, 6.45) is 5.37. The molecule has 0 heterocycles. The van der Waals surface area contributed by atoms with Crippen molar-refractivity contribution in [2.75, 3.05) is 4.90 Å². The zero-order chi connectivity index (χ0) is 39.3. The molecule has 0 aromatic heterocycles. The van der Waals surface area contributed by atoms with Gasteiger partial charge in [0.1, 0.15) is 0 Å². The summed E-state index contributed by atoms with van der Waals surface area (Å²) < 4.78 is 0. The summed E-state index contributed by atoms with van der Waals surface area (Å²) in [7, 11) is 0. The molecule has 1 heteroatoms. The van der Waals surface area contributed by atoms with Crippen molar-refractivity contribution in [2.45, 2.75) is 50.4 Å². The summed E-state index contributed by atoms with van der Waals surface area (Å²) in [4.78, 5) is 2.49. The summed E-state index contributed by atoms with van der Waals surface area (Å²) in [5.41, 5.74) is 22.6. The van der Waals surface area contributed by atoms with E-state index in [0.717, 1.165) is 11.6 Å². The topological polar surface area (TPSA) is 3.24 Å². The minimum atomic E-state index is -0.0749. The van der Waals surface area contributed by atoms with Crippen LogP contribution >= 0.6 is 0 Å². The normalized spacial score (nSPS) is 20.0. The lowest BCUT2D eigenvalue weighted by Crippen LogP contribution is -2.32. The van der Waals surface area contributed by atoms with E-state index in [-0.39, 0.29) is 10.8 Å². The maximum atomic E-state index is 2.57.